The van der Waals surface area contributed by atoms with Crippen molar-refractivity contribution in [2.75, 3.05) is 5.73 Å². The summed E-state index contributed by atoms with van der Waals surface area (Å²) in [5.41, 5.74) is 8.12. The molecule has 0 aliphatic heterocycles. The van der Waals surface area contributed by atoms with Gasteiger partial charge in [0, 0.05) is 22.7 Å². The maximum absolute atomic E-state index is 12.8. The fraction of sp³-hybridized carbons (Fsp3) is 0.235. The number of hydrogen-bond acceptors (Lipinski definition) is 2. The molecule has 0 unspecified atom stereocenters. The molecule has 0 aliphatic carbocycles. The van der Waals surface area contributed by atoms with Crippen LogP contribution in [0.3, 0.4) is 0 Å². The van der Waals surface area contributed by atoms with E-state index in [2.05, 4.69) is 15.9 Å². The van der Waals surface area contributed by atoms with E-state index in [0.717, 1.165) is 10.0 Å². The number of anilines is 1. The first-order valence-electron chi connectivity index (χ1n) is 6.89. The summed E-state index contributed by atoms with van der Waals surface area (Å²) < 4.78 is 0.871. The minimum atomic E-state index is -0.0427. The van der Waals surface area contributed by atoms with E-state index < -0.39 is 0 Å². The van der Waals surface area contributed by atoms with Crippen LogP contribution in [0.2, 0.25) is 0 Å². The first-order valence-corrected chi connectivity index (χ1v) is 7.68. The number of carbonyl (C=O) groups excluding carboxylic acids is 1. The number of nitrogens with zero attached hydrogens (tertiary/aromatic N) is 1. The summed E-state index contributed by atoms with van der Waals surface area (Å²) in [7, 11) is 0. The summed E-state index contributed by atoms with van der Waals surface area (Å²) in [5, 5.41) is 0. The molecule has 0 heterocycles. The molecule has 2 aromatic carbocycles. The number of nitrogen functional groups attached to an aromatic ring is 1. The lowest BCUT2D eigenvalue weighted by atomic mass is 10.1. The summed E-state index contributed by atoms with van der Waals surface area (Å²) in [6.07, 6.45) is 0. The lowest BCUT2D eigenvalue weighted by molar-refractivity contribution is 0.0691. The number of nitrogens with two attached hydrogens (primary N) is 1. The average Bonchev–Trinajstić information content (AvgIpc) is 2.45. The minimum Gasteiger partial charge on any atom is -0.398 e. The Bertz CT molecular complexity index is 626. The van der Waals surface area contributed by atoms with Crippen molar-refractivity contribution in [3.8, 4) is 0 Å². The van der Waals surface area contributed by atoms with Crippen molar-refractivity contribution in [2.45, 2.75) is 26.4 Å². The molecule has 1 amide bonds. The van der Waals surface area contributed by atoms with Gasteiger partial charge in [-0.25, -0.2) is 0 Å². The largest absolute Gasteiger partial charge is 0.398 e. The highest BCUT2D eigenvalue weighted by molar-refractivity contribution is 9.10. The van der Waals surface area contributed by atoms with Gasteiger partial charge in [0.2, 0.25) is 0 Å². The second kappa shape index (κ2) is 6.76. The van der Waals surface area contributed by atoms with Gasteiger partial charge in [0.05, 0.1) is 5.56 Å². The number of carbonyl (C=O) groups is 1. The third kappa shape index (κ3) is 3.85. The number of halogens is 1. The van der Waals surface area contributed by atoms with E-state index in [1.165, 1.54) is 0 Å². The van der Waals surface area contributed by atoms with Gasteiger partial charge in [-0.1, -0.05) is 46.3 Å². The number of benzene rings is 2. The molecule has 21 heavy (non-hydrogen) atoms. The van der Waals surface area contributed by atoms with Gasteiger partial charge in [-0.05, 0) is 37.6 Å². The third-order valence-corrected chi connectivity index (χ3v) is 3.82. The molecule has 3 nitrogen and oxygen atoms in total. The SMILES string of the molecule is CC(C)N(Cc1ccccc1)C(=O)c1ccc(Br)cc1N. The quantitative estimate of drug-likeness (QED) is 0.847. The number of hydrogen-bond donors (Lipinski definition) is 1. The predicted octanol–water partition coefficient (Wildman–Crippen LogP) is 4.08. The minimum absolute atomic E-state index is 0.0427. The zero-order chi connectivity index (χ0) is 15.4. The Kier molecular flexibility index (Phi) is 5.02. The second-order valence-corrected chi connectivity index (χ2v) is 6.16. The maximum Gasteiger partial charge on any atom is 0.256 e. The van der Waals surface area contributed by atoms with E-state index in [1.807, 2.05) is 55.1 Å². The van der Waals surface area contributed by atoms with E-state index in [-0.39, 0.29) is 11.9 Å². The van der Waals surface area contributed by atoms with Crippen LogP contribution in [0.25, 0.3) is 0 Å². The molecule has 110 valence electrons. The van der Waals surface area contributed by atoms with Crippen molar-refractivity contribution in [3.63, 3.8) is 0 Å². The second-order valence-electron chi connectivity index (χ2n) is 5.24. The molecule has 2 aromatic rings. The highest BCUT2D eigenvalue weighted by Crippen LogP contribution is 2.22. The van der Waals surface area contributed by atoms with Gasteiger partial charge in [0.15, 0.2) is 0 Å². The first kappa shape index (κ1) is 15.6. The molecule has 0 bridgehead atoms. The van der Waals surface area contributed by atoms with Crippen molar-refractivity contribution in [1.82, 2.24) is 4.90 Å². The maximum atomic E-state index is 12.8. The van der Waals surface area contributed by atoms with Gasteiger partial charge in [-0.3, -0.25) is 4.79 Å². The van der Waals surface area contributed by atoms with Gasteiger partial charge in [0.25, 0.3) is 5.91 Å². The normalized spacial score (nSPS) is 10.7. The summed E-state index contributed by atoms with van der Waals surface area (Å²) >= 11 is 3.36. The van der Waals surface area contributed by atoms with Crippen LogP contribution < -0.4 is 5.73 Å². The van der Waals surface area contributed by atoms with E-state index in [0.29, 0.717) is 17.8 Å². The van der Waals surface area contributed by atoms with Gasteiger partial charge in [-0.15, -0.1) is 0 Å². The van der Waals surface area contributed by atoms with Crippen LogP contribution in [0.5, 0.6) is 0 Å². The zero-order valence-electron chi connectivity index (χ0n) is 12.2. The topological polar surface area (TPSA) is 46.3 Å². The molecule has 2 rings (SSSR count). The Balaban J connectivity index is 2.27. The number of amides is 1. The standard InChI is InChI=1S/C17H19BrN2O/c1-12(2)20(11-13-6-4-3-5-7-13)17(21)15-9-8-14(18)10-16(15)19/h3-10,12H,11,19H2,1-2H3. The Morgan fingerprint density at radius 2 is 1.86 bits per heavy atom. The Hall–Kier alpha value is -1.81. The summed E-state index contributed by atoms with van der Waals surface area (Å²) in [6, 6.07) is 15.4. The lowest BCUT2D eigenvalue weighted by Crippen LogP contribution is -2.36. The van der Waals surface area contributed by atoms with Crippen molar-refractivity contribution in [3.05, 3.63) is 64.1 Å². The van der Waals surface area contributed by atoms with E-state index in [4.69, 9.17) is 5.73 Å². The Morgan fingerprint density at radius 3 is 2.43 bits per heavy atom. The molecule has 4 heteroatoms. The van der Waals surface area contributed by atoms with Gasteiger partial charge in [-0.2, -0.15) is 0 Å². The lowest BCUT2D eigenvalue weighted by Gasteiger charge is -2.27. The molecule has 0 saturated carbocycles. The van der Waals surface area contributed by atoms with Gasteiger partial charge < -0.3 is 10.6 Å². The molecule has 0 saturated heterocycles. The molecule has 2 N–H and O–H groups in total. The van der Waals surface area contributed by atoms with E-state index in [9.17, 15) is 4.79 Å². The van der Waals surface area contributed by atoms with Crippen LogP contribution in [0.1, 0.15) is 29.8 Å². The summed E-state index contributed by atoms with van der Waals surface area (Å²) in [5.74, 6) is -0.0427. The molecular formula is C17H19BrN2O. The molecule has 0 aliphatic rings. The Morgan fingerprint density at radius 1 is 1.19 bits per heavy atom. The van der Waals surface area contributed by atoms with Gasteiger partial charge in [0.1, 0.15) is 0 Å². The highest BCUT2D eigenvalue weighted by Gasteiger charge is 2.21. The molecule has 0 atom stereocenters. The highest BCUT2D eigenvalue weighted by atomic mass is 79.9. The van der Waals surface area contributed by atoms with Crippen LogP contribution in [0.4, 0.5) is 5.69 Å². The summed E-state index contributed by atoms with van der Waals surface area (Å²) in [6.45, 7) is 4.60. The van der Waals surface area contributed by atoms with Crippen LogP contribution in [-0.2, 0) is 6.54 Å². The fourth-order valence-corrected chi connectivity index (χ4v) is 2.53. The molecular weight excluding hydrogens is 328 g/mol. The fourth-order valence-electron chi connectivity index (χ4n) is 2.15. The van der Waals surface area contributed by atoms with Gasteiger partial charge >= 0.3 is 0 Å². The van der Waals surface area contributed by atoms with E-state index in [1.54, 1.807) is 12.1 Å². The first-order chi connectivity index (χ1) is 9.99. The smallest absolute Gasteiger partial charge is 0.256 e. The monoisotopic (exact) mass is 346 g/mol. The Labute approximate surface area is 133 Å². The molecule has 0 aromatic heterocycles. The predicted molar refractivity (Wildman–Crippen MR) is 90.0 cm³/mol. The number of rotatable bonds is 4. The molecule has 0 fully saturated rings. The third-order valence-electron chi connectivity index (χ3n) is 3.32. The van der Waals surface area contributed by atoms with Crippen molar-refractivity contribution >= 4 is 27.5 Å². The average molecular weight is 347 g/mol. The zero-order valence-corrected chi connectivity index (χ0v) is 13.8. The van der Waals surface area contributed by atoms with Crippen molar-refractivity contribution < 1.29 is 4.79 Å². The molecule has 0 radical (unpaired) electrons. The van der Waals surface area contributed by atoms with Crippen molar-refractivity contribution in [1.29, 1.82) is 0 Å². The van der Waals surface area contributed by atoms with E-state index >= 15 is 0 Å². The van der Waals surface area contributed by atoms with Crippen LogP contribution in [0, 0.1) is 0 Å². The van der Waals surface area contributed by atoms with Crippen molar-refractivity contribution in [2.24, 2.45) is 0 Å². The molecule has 0 spiro atoms. The van der Waals surface area contributed by atoms with Crippen LogP contribution in [-0.4, -0.2) is 16.8 Å². The summed E-state index contributed by atoms with van der Waals surface area (Å²) in [4.78, 5) is 14.6. The van der Waals surface area contributed by atoms with Crippen LogP contribution in [0.15, 0.2) is 53.0 Å². The van der Waals surface area contributed by atoms with Crippen LogP contribution >= 0.6 is 15.9 Å².